The lowest BCUT2D eigenvalue weighted by Gasteiger charge is -2.54. The smallest absolute Gasteiger partial charge is 0.378 e. The van der Waals surface area contributed by atoms with Gasteiger partial charge in [0, 0.05) is 79.8 Å². The summed E-state index contributed by atoms with van der Waals surface area (Å²) in [6, 6.07) is 0.669. The number of carbonyl (C=O) groups excluding carboxylic acids is 2. The van der Waals surface area contributed by atoms with Gasteiger partial charge in [0.1, 0.15) is 0 Å². The van der Waals surface area contributed by atoms with E-state index in [1.807, 2.05) is 0 Å². The van der Waals surface area contributed by atoms with Crippen molar-refractivity contribution in [1.82, 2.24) is 15.5 Å². The summed E-state index contributed by atoms with van der Waals surface area (Å²) >= 11 is 0. The summed E-state index contributed by atoms with van der Waals surface area (Å²) in [5, 5.41) is 6.06. The van der Waals surface area contributed by atoms with Gasteiger partial charge < -0.3 is 74.4 Å². The molecule has 0 aromatic rings. The SMILES string of the molecule is CCCCCCCCN(CCC[C@@H](C)[C@H]1CC[C@H]2C[C@H](OCCCN)CC3C[C@H](OCCCN)CC[C@]3(C)[C@H](C)C[C@H](OCCCN)C21C)C(=O)NCCOCCOCCOCCNC(=O)CCCC[Si](OC)(OC)OC. The molecule has 10 atom stereocenters. The third kappa shape index (κ3) is 24.8. The van der Waals surface area contributed by atoms with Crippen molar-refractivity contribution >= 4 is 20.7 Å². The topological polar surface area (TPSA) is 223 Å². The lowest BCUT2D eigenvalue weighted by molar-refractivity contribution is -0.135. The van der Waals surface area contributed by atoms with E-state index in [1.54, 1.807) is 21.3 Å². The molecule has 0 aromatic heterocycles. The number of urea groups is 1. The van der Waals surface area contributed by atoms with Crippen molar-refractivity contribution < 1.29 is 51.3 Å². The van der Waals surface area contributed by atoms with Crippen molar-refractivity contribution in [2.45, 2.75) is 200 Å². The monoisotopic (exact) mass is 1110 g/mol. The van der Waals surface area contributed by atoms with E-state index in [0.29, 0.717) is 128 Å². The van der Waals surface area contributed by atoms with Crippen LogP contribution in [-0.4, -0.2) is 171 Å². The van der Waals surface area contributed by atoms with Gasteiger partial charge in [-0.3, -0.25) is 4.79 Å². The minimum Gasteiger partial charge on any atom is -0.378 e. The molecule has 0 heterocycles. The molecule has 0 radical (unpaired) electrons. The van der Waals surface area contributed by atoms with Crippen LogP contribution in [-0.2, 0) is 46.5 Å². The number of hydrogen-bond acceptors (Lipinski definition) is 14. The second-order valence-corrected chi connectivity index (χ2v) is 26.5. The van der Waals surface area contributed by atoms with Gasteiger partial charge in [-0.25, -0.2) is 4.79 Å². The molecule has 17 nitrogen and oxygen atoms in total. The molecule has 3 rings (SSSR count). The fourth-order valence-corrected chi connectivity index (χ4v) is 15.0. The van der Waals surface area contributed by atoms with E-state index < -0.39 is 8.80 Å². The molecule has 77 heavy (non-hydrogen) atoms. The summed E-state index contributed by atoms with van der Waals surface area (Å²) in [5.41, 5.74) is 18.1. The minimum absolute atomic E-state index is 0.00290. The highest BCUT2D eigenvalue weighted by Gasteiger charge is 2.56. The van der Waals surface area contributed by atoms with Gasteiger partial charge in [-0.15, -0.1) is 0 Å². The molecule has 0 aromatic carbocycles. The molecule has 454 valence electrons. The van der Waals surface area contributed by atoms with Gasteiger partial charge in [0.25, 0.3) is 0 Å². The van der Waals surface area contributed by atoms with Crippen LogP contribution in [0.25, 0.3) is 0 Å². The second-order valence-electron chi connectivity index (χ2n) is 23.4. The standard InChI is InChI=1S/C59H118N6O11Si/c1-9-10-11-12-13-15-32-65(57(67)64-31-38-72-40-42-73-41-39-71-37-30-63-56(66)22-14-16-43-77(68-6,69-7)70-8)33-17-21-48(2)54-24-23-50-45-53(75-35-19-28-61)47-51-46-52(74-34-18-27-60)25-26-58(51,4)49(3)44-55(59(50,54)5)76-36-20-29-62/h48-55H,9-47,60-62H2,1-8H3,(H,63,66)(H,64,67)/t48-,49-,50+,51?,52-,53+,54-,55+,58-,59?/m1/s1. The molecule has 0 aliphatic heterocycles. The first-order valence-electron chi connectivity index (χ1n) is 30.9. The Bertz CT molecular complexity index is 1500. The zero-order valence-electron chi connectivity index (χ0n) is 50.4. The number of rotatable bonds is 44. The molecule has 0 bridgehead atoms. The average molecular weight is 1120 g/mol. The summed E-state index contributed by atoms with van der Waals surface area (Å²) in [5.74, 6) is 2.44. The number of unbranched alkanes of at least 4 members (excludes halogenated alkanes) is 6. The molecule has 3 aliphatic rings. The highest BCUT2D eigenvalue weighted by molar-refractivity contribution is 6.60. The molecule has 3 amide bonds. The molecule has 2 unspecified atom stereocenters. The van der Waals surface area contributed by atoms with E-state index in [1.165, 1.54) is 38.5 Å². The lowest BCUT2D eigenvalue weighted by Crippen LogP contribution is -2.51. The van der Waals surface area contributed by atoms with Gasteiger partial charge in [0.15, 0.2) is 0 Å². The molecule has 0 spiro atoms. The Kier molecular flexibility index (Phi) is 36.8. The van der Waals surface area contributed by atoms with E-state index in [-0.39, 0.29) is 41.1 Å². The van der Waals surface area contributed by atoms with Gasteiger partial charge in [0.05, 0.1) is 58.0 Å². The van der Waals surface area contributed by atoms with Crippen LogP contribution in [0, 0.1) is 40.4 Å². The van der Waals surface area contributed by atoms with Crippen LogP contribution >= 0.6 is 0 Å². The zero-order valence-corrected chi connectivity index (χ0v) is 51.4. The van der Waals surface area contributed by atoms with Crippen LogP contribution in [0.1, 0.15) is 176 Å². The number of ether oxygens (including phenoxy) is 6. The third-order valence-electron chi connectivity index (χ3n) is 18.3. The number of hydrogen-bond donors (Lipinski definition) is 5. The van der Waals surface area contributed by atoms with Crippen LogP contribution < -0.4 is 27.8 Å². The first-order valence-corrected chi connectivity index (χ1v) is 32.9. The largest absolute Gasteiger partial charge is 0.500 e. The van der Waals surface area contributed by atoms with Crippen LogP contribution in [0.5, 0.6) is 0 Å². The fourth-order valence-electron chi connectivity index (χ4n) is 13.2. The minimum atomic E-state index is -2.60. The van der Waals surface area contributed by atoms with Crippen LogP contribution in [0.3, 0.4) is 0 Å². The first-order chi connectivity index (χ1) is 37.3. The second kappa shape index (κ2) is 40.6. The van der Waals surface area contributed by atoms with E-state index >= 15 is 0 Å². The Morgan fingerprint density at radius 2 is 1.18 bits per heavy atom. The Hall–Kier alpha value is -1.52. The van der Waals surface area contributed by atoms with Gasteiger partial charge >= 0.3 is 14.8 Å². The molecular weight excluding hydrogens is 997 g/mol. The number of carbonyl (C=O) groups is 2. The summed E-state index contributed by atoms with van der Waals surface area (Å²) in [4.78, 5) is 28.1. The van der Waals surface area contributed by atoms with Gasteiger partial charge in [-0.1, -0.05) is 66.7 Å². The van der Waals surface area contributed by atoms with Crippen LogP contribution in [0.15, 0.2) is 0 Å². The molecule has 18 heteroatoms. The number of nitrogens with zero attached hydrogens (tertiary/aromatic N) is 1. The maximum atomic E-state index is 13.8. The van der Waals surface area contributed by atoms with Gasteiger partial charge in [-0.05, 0) is 163 Å². The first kappa shape index (κ1) is 69.7. The highest BCUT2D eigenvalue weighted by Crippen LogP contribution is 2.60. The predicted octanol–water partition coefficient (Wildman–Crippen LogP) is 8.85. The van der Waals surface area contributed by atoms with E-state index in [2.05, 4.69) is 50.2 Å². The molecule has 3 fully saturated rings. The molecule has 3 saturated carbocycles. The normalized spacial score (nSPS) is 26.2. The number of fused-ring (bicyclic) bond motifs is 2. The summed E-state index contributed by atoms with van der Waals surface area (Å²) in [6.07, 6.45) is 23.2. The quantitative estimate of drug-likeness (QED) is 0.0284. The zero-order chi connectivity index (χ0) is 56.2. The summed E-state index contributed by atoms with van der Waals surface area (Å²) in [7, 11) is 2.20. The van der Waals surface area contributed by atoms with Crippen molar-refractivity contribution in [2.75, 3.05) is 127 Å². The van der Waals surface area contributed by atoms with Crippen molar-refractivity contribution in [3.05, 3.63) is 0 Å². The van der Waals surface area contributed by atoms with E-state index in [0.717, 1.165) is 116 Å². The molecular formula is C59H118N6O11Si. The Labute approximate surface area is 470 Å². The van der Waals surface area contributed by atoms with Crippen molar-refractivity contribution in [3.8, 4) is 0 Å². The highest BCUT2D eigenvalue weighted by atomic mass is 28.4. The lowest BCUT2D eigenvalue weighted by atomic mass is 9.54. The molecule has 3 aliphatic carbocycles. The molecule has 8 N–H and O–H groups in total. The van der Waals surface area contributed by atoms with Crippen molar-refractivity contribution in [2.24, 2.45) is 57.6 Å². The van der Waals surface area contributed by atoms with E-state index in [4.69, 9.17) is 58.9 Å². The molecule has 0 saturated heterocycles. The Morgan fingerprint density at radius 1 is 0.623 bits per heavy atom. The fraction of sp³-hybridized carbons (Fsp3) is 0.966. The third-order valence-corrected chi connectivity index (χ3v) is 21.1. The van der Waals surface area contributed by atoms with Crippen LogP contribution in [0.2, 0.25) is 6.04 Å². The maximum absolute atomic E-state index is 13.8. The Morgan fingerprint density at radius 3 is 1.82 bits per heavy atom. The maximum Gasteiger partial charge on any atom is 0.500 e. The number of nitrogens with one attached hydrogen (secondary N) is 2. The summed E-state index contributed by atoms with van der Waals surface area (Å²) < 4.78 is 54.0. The van der Waals surface area contributed by atoms with Crippen molar-refractivity contribution in [3.63, 3.8) is 0 Å². The summed E-state index contributed by atoms with van der Waals surface area (Å²) in [6.45, 7) is 21.4. The Balaban J connectivity index is 1.53. The predicted molar refractivity (Wildman–Crippen MR) is 311 cm³/mol. The van der Waals surface area contributed by atoms with E-state index in [9.17, 15) is 9.59 Å². The van der Waals surface area contributed by atoms with Gasteiger partial charge in [0.2, 0.25) is 5.91 Å². The van der Waals surface area contributed by atoms with Crippen LogP contribution in [0.4, 0.5) is 4.79 Å². The number of nitrogens with two attached hydrogens (primary N) is 3. The average Bonchev–Trinajstić information content (AvgIpc) is 3.77. The van der Waals surface area contributed by atoms with Gasteiger partial charge in [-0.2, -0.15) is 0 Å². The number of amides is 3. The van der Waals surface area contributed by atoms with Crippen molar-refractivity contribution in [1.29, 1.82) is 0 Å².